The number of carbonyl (C=O) groups excluding carboxylic acids is 1. The Bertz CT molecular complexity index is 1170. The maximum absolute atomic E-state index is 12.9. The van der Waals surface area contributed by atoms with Crippen molar-refractivity contribution >= 4 is 33.5 Å². The highest BCUT2D eigenvalue weighted by atomic mass is 79.9. The highest BCUT2D eigenvalue weighted by Gasteiger charge is 2.56. The third kappa shape index (κ3) is 4.15. The number of aromatic nitrogens is 2. The van der Waals surface area contributed by atoms with Crippen molar-refractivity contribution in [2.75, 3.05) is 5.32 Å². The van der Waals surface area contributed by atoms with Crippen LogP contribution in [0.25, 0.3) is 0 Å². The van der Waals surface area contributed by atoms with Crippen molar-refractivity contribution < 1.29 is 14.7 Å². The van der Waals surface area contributed by atoms with E-state index in [9.17, 15) is 19.5 Å². The maximum Gasteiger partial charge on any atom is 0.333 e. The maximum atomic E-state index is 12.9. The number of hydrogen-bond donors (Lipinski definition) is 3. The number of nitrogens with zero attached hydrogens (tertiary/aromatic N) is 2. The molecule has 3 fully saturated rings. The number of benzene rings is 1. The number of carbonyl (C=O) groups is 2. The quantitative estimate of drug-likeness (QED) is 0.503. The number of fused-ring (bicyclic) bond motifs is 2. The molecule has 3 aliphatic carbocycles. The van der Waals surface area contributed by atoms with Gasteiger partial charge in [-0.25, -0.2) is 9.48 Å². The van der Waals surface area contributed by atoms with Crippen molar-refractivity contribution in [1.82, 2.24) is 15.1 Å². The van der Waals surface area contributed by atoms with Gasteiger partial charge in [0.25, 0.3) is 5.56 Å². The van der Waals surface area contributed by atoms with Gasteiger partial charge in [0.15, 0.2) is 5.54 Å². The van der Waals surface area contributed by atoms with Crippen molar-refractivity contribution in [1.29, 1.82) is 0 Å². The first-order chi connectivity index (χ1) is 15.9. The zero-order valence-corrected chi connectivity index (χ0v) is 21.4. The van der Waals surface area contributed by atoms with Crippen LogP contribution in [-0.2, 0) is 21.7 Å². The summed E-state index contributed by atoms with van der Waals surface area (Å²) in [6.07, 6.45) is 3.86. The van der Waals surface area contributed by atoms with E-state index < -0.39 is 29.5 Å². The molecule has 1 unspecified atom stereocenters. The Kier molecular flexibility index (Phi) is 6.35. The first kappa shape index (κ1) is 24.4. The van der Waals surface area contributed by atoms with Crippen molar-refractivity contribution in [3.8, 4) is 0 Å². The van der Waals surface area contributed by atoms with Gasteiger partial charge >= 0.3 is 5.97 Å². The lowest BCUT2D eigenvalue weighted by Crippen LogP contribution is -2.58. The van der Waals surface area contributed by atoms with Crippen molar-refractivity contribution in [2.24, 2.45) is 23.2 Å². The smallest absolute Gasteiger partial charge is 0.333 e. The fourth-order valence-electron chi connectivity index (χ4n) is 5.69. The van der Waals surface area contributed by atoms with Gasteiger partial charge in [0.2, 0.25) is 5.91 Å². The molecule has 3 N–H and O–H groups in total. The van der Waals surface area contributed by atoms with Crippen LogP contribution < -0.4 is 16.2 Å². The second-order valence-corrected chi connectivity index (χ2v) is 11.2. The summed E-state index contributed by atoms with van der Waals surface area (Å²) in [7, 11) is 0. The molecule has 1 aromatic heterocycles. The fraction of sp³-hybridized carbons (Fsp3) is 0.520. The van der Waals surface area contributed by atoms with Gasteiger partial charge in [-0.1, -0.05) is 51.1 Å². The van der Waals surface area contributed by atoms with E-state index in [2.05, 4.69) is 52.4 Å². The van der Waals surface area contributed by atoms with Gasteiger partial charge in [0.1, 0.15) is 11.0 Å². The number of nitrogens with one attached hydrogen (secondary N) is 2. The molecule has 34 heavy (non-hydrogen) atoms. The van der Waals surface area contributed by atoms with Crippen LogP contribution in [0.1, 0.15) is 46.1 Å². The number of carboxylic acids is 1. The highest BCUT2D eigenvalue weighted by Crippen LogP contribution is 2.61. The average Bonchev–Trinajstić information content (AvgIpc) is 2.79. The van der Waals surface area contributed by atoms with Gasteiger partial charge in [-0.3, -0.25) is 9.59 Å². The van der Waals surface area contributed by atoms with E-state index in [1.54, 1.807) is 36.5 Å². The lowest BCUT2D eigenvalue weighted by atomic mass is 9.45. The number of rotatable bonds is 7. The summed E-state index contributed by atoms with van der Waals surface area (Å²) >= 11 is 3.38. The zero-order chi connectivity index (χ0) is 24.8. The molecule has 1 aromatic carbocycles. The molecular weight excluding hydrogens is 500 g/mol. The SMILES string of the molecule is C[C@@H]1[C@H]2C[C@@H](C[C@H]1Nc1cnn(CC(=O)NC(C)(C(=O)O)c3ccccc3)c(=O)c1Br)C2(C)C. The standard InChI is InChI=1S/C25H31BrN4O4/c1-14-17-10-16(24(17,2)3)11-18(14)28-19-12-27-30(22(32)21(19)26)13-20(31)29-25(4,23(33)34)15-8-6-5-7-9-15/h5-9,12,14,16-18,28H,10-11,13H2,1-4H3,(H,29,31)(H,33,34)/t14-,16+,17-,18-,25?/m1/s1. The molecule has 2 bridgehead atoms. The van der Waals surface area contributed by atoms with Crippen LogP contribution >= 0.6 is 15.9 Å². The lowest BCUT2D eigenvalue weighted by Gasteiger charge is -2.62. The third-order valence-electron chi connectivity index (χ3n) is 8.14. The van der Waals surface area contributed by atoms with E-state index in [1.165, 1.54) is 13.3 Å². The van der Waals surface area contributed by atoms with Crippen LogP contribution in [0.5, 0.6) is 0 Å². The van der Waals surface area contributed by atoms with Crippen LogP contribution in [0, 0.1) is 23.2 Å². The molecule has 2 aromatic rings. The van der Waals surface area contributed by atoms with Gasteiger partial charge < -0.3 is 15.7 Å². The Labute approximate surface area is 207 Å². The van der Waals surface area contributed by atoms with E-state index in [1.807, 2.05) is 0 Å². The second kappa shape index (κ2) is 8.83. The Balaban J connectivity index is 1.47. The van der Waals surface area contributed by atoms with E-state index >= 15 is 0 Å². The highest BCUT2D eigenvalue weighted by molar-refractivity contribution is 9.10. The zero-order valence-electron chi connectivity index (χ0n) is 19.8. The molecule has 0 spiro atoms. The lowest BCUT2D eigenvalue weighted by molar-refractivity contribution is -0.147. The number of hydrogen-bond acceptors (Lipinski definition) is 5. The molecule has 1 amide bonds. The molecule has 0 radical (unpaired) electrons. The number of anilines is 1. The van der Waals surface area contributed by atoms with Crippen molar-refractivity contribution in [3.05, 3.63) is 56.9 Å². The first-order valence-electron chi connectivity index (χ1n) is 11.6. The van der Waals surface area contributed by atoms with Gasteiger partial charge in [-0.15, -0.1) is 0 Å². The first-order valence-corrected chi connectivity index (χ1v) is 12.4. The predicted molar refractivity (Wildman–Crippen MR) is 132 cm³/mol. The molecule has 0 aliphatic heterocycles. The largest absolute Gasteiger partial charge is 0.479 e. The van der Waals surface area contributed by atoms with E-state index in [0.717, 1.165) is 11.1 Å². The van der Waals surface area contributed by atoms with Crippen molar-refractivity contribution in [3.63, 3.8) is 0 Å². The predicted octanol–water partition coefficient (Wildman–Crippen LogP) is 3.60. The van der Waals surface area contributed by atoms with Gasteiger partial charge in [-0.2, -0.15) is 5.10 Å². The minimum atomic E-state index is -1.63. The molecule has 1 heterocycles. The summed E-state index contributed by atoms with van der Waals surface area (Å²) < 4.78 is 1.34. The molecule has 8 nitrogen and oxygen atoms in total. The van der Waals surface area contributed by atoms with Crippen LogP contribution in [0.15, 0.2) is 45.8 Å². The summed E-state index contributed by atoms with van der Waals surface area (Å²) in [4.78, 5) is 37.6. The molecule has 3 saturated carbocycles. The third-order valence-corrected chi connectivity index (χ3v) is 8.91. The Morgan fingerprint density at radius 1 is 1.26 bits per heavy atom. The molecule has 5 atom stereocenters. The van der Waals surface area contributed by atoms with Crippen LogP contribution in [0.2, 0.25) is 0 Å². The van der Waals surface area contributed by atoms with Crippen LogP contribution in [0.4, 0.5) is 5.69 Å². The fourth-order valence-corrected chi connectivity index (χ4v) is 6.11. The molecule has 5 rings (SSSR count). The Morgan fingerprint density at radius 2 is 1.94 bits per heavy atom. The van der Waals surface area contributed by atoms with Gasteiger partial charge in [0.05, 0.1) is 11.9 Å². The number of amides is 1. The Morgan fingerprint density at radius 3 is 2.53 bits per heavy atom. The van der Waals surface area contributed by atoms with E-state index in [4.69, 9.17) is 0 Å². The second-order valence-electron chi connectivity index (χ2n) is 10.4. The van der Waals surface area contributed by atoms with Crippen LogP contribution in [0.3, 0.4) is 0 Å². The number of halogens is 1. The van der Waals surface area contributed by atoms with Gasteiger partial charge in [-0.05, 0) is 64.4 Å². The molecule has 3 aliphatic rings. The Hall–Kier alpha value is -2.68. The monoisotopic (exact) mass is 530 g/mol. The normalized spacial score (nSPS) is 26.6. The summed E-state index contributed by atoms with van der Waals surface area (Å²) in [5, 5.41) is 20.0. The van der Waals surface area contributed by atoms with E-state index in [0.29, 0.717) is 38.9 Å². The molecule has 0 saturated heterocycles. The number of aliphatic carboxylic acids is 1. The summed E-state index contributed by atoms with van der Waals surface area (Å²) in [5.41, 5.74) is -0.677. The average molecular weight is 531 g/mol. The minimum Gasteiger partial charge on any atom is -0.479 e. The summed E-state index contributed by atoms with van der Waals surface area (Å²) in [6, 6.07) is 8.70. The topological polar surface area (TPSA) is 113 Å². The molecule has 182 valence electrons. The van der Waals surface area contributed by atoms with E-state index in [-0.39, 0.29) is 6.04 Å². The molecular formula is C25H31BrN4O4. The summed E-state index contributed by atoms with van der Waals surface area (Å²) in [6.45, 7) is 7.97. The number of carboxylic acid groups (broad SMARTS) is 1. The van der Waals surface area contributed by atoms with Gasteiger partial charge in [0, 0.05) is 6.04 Å². The van der Waals surface area contributed by atoms with Crippen LogP contribution in [-0.4, -0.2) is 32.8 Å². The molecule has 9 heteroatoms. The minimum absolute atomic E-state index is 0.260. The summed E-state index contributed by atoms with van der Waals surface area (Å²) in [5.74, 6) is -0.00948. The van der Waals surface area contributed by atoms with Crippen molar-refractivity contribution in [2.45, 2.75) is 58.7 Å².